The van der Waals surface area contributed by atoms with Crippen molar-refractivity contribution in [2.24, 2.45) is 5.92 Å². The summed E-state index contributed by atoms with van der Waals surface area (Å²) in [4.78, 5) is 0. The molecule has 0 saturated heterocycles. The highest BCUT2D eigenvalue weighted by molar-refractivity contribution is 4.52. The molecule has 0 heterocycles. The highest BCUT2D eigenvalue weighted by Crippen LogP contribution is 2.06. The first-order valence-electron chi connectivity index (χ1n) is 3.02. The predicted octanol–water partition coefficient (Wildman–Crippen LogP) is 1.36. The summed E-state index contributed by atoms with van der Waals surface area (Å²) >= 11 is 0. The second-order valence-electron chi connectivity index (χ2n) is 1.94. The molecule has 0 spiro atoms. The van der Waals surface area contributed by atoms with Crippen molar-refractivity contribution >= 4 is 0 Å². The molecule has 1 nitrogen and oxygen atoms in total. The smallest absolute Gasteiger partial charge is 0.0923 e. The number of hydrogen-bond acceptors (Lipinski definition) is 1. The van der Waals surface area contributed by atoms with E-state index in [2.05, 4.69) is 0 Å². The van der Waals surface area contributed by atoms with E-state index >= 15 is 0 Å². The topological polar surface area (TPSA) is 20.2 Å². The Bertz CT molecular complexity index is 43.8. The van der Waals surface area contributed by atoms with Gasteiger partial charge in [-0.3, -0.25) is 4.39 Å². The predicted molar refractivity (Wildman–Crippen MR) is 31.5 cm³/mol. The van der Waals surface area contributed by atoms with Crippen LogP contribution in [0.15, 0.2) is 0 Å². The Hall–Kier alpha value is -0.110. The number of aliphatic hydroxyl groups is 1. The molecule has 0 aliphatic heterocycles. The minimum atomic E-state index is -0.295. The van der Waals surface area contributed by atoms with Gasteiger partial charge in [0.25, 0.3) is 0 Å². The summed E-state index contributed by atoms with van der Waals surface area (Å²) in [6, 6.07) is 0. The Morgan fingerprint density at radius 2 is 2.25 bits per heavy atom. The third kappa shape index (κ3) is 2.97. The summed E-state index contributed by atoms with van der Waals surface area (Å²) < 4.78 is 11.7. The van der Waals surface area contributed by atoms with E-state index < -0.39 is 0 Å². The molecule has 0 aromatic rings. The molecule has 1 atom stereocenters. The van der Waals surface area contributed by atoms with Crippen LogP contribution < -0.4 is 0 Å². The van der Waals surface area contributed by atoms with Crippen LogP contribution in [0.2, 0.25) is 0 Å². The lowest BCUT2D eigenvalue weighted by Crippen LogP contribution is -2.02. The zero-order valence-electron chi connectivity index (χ0n) is 5.23. The van der Waals surface area contributed by atoms with Gasteiger partial charge in [0.2, 0.25) is 0 Å². The number of alkyl halides is 1. The maximum Gasteiger partial charge on any atom is 0.0923 e. The molecule has 1 N–H and O–H groups in total. The van der Waals surface area contributed by atoms with Crippen LogP contribution in [0.25, 0.3) is 0 Å². The van der Waals surface area contributed by atoms with E-state index in [0.717, 1.165) is 6.42 Å². The van der Waals surface area contributed by atoms with Gasteiger partial charge in [-0.2, -0.15) is 0 Å². The van der Waals surface area contributed by atoms with Crippen molar-refractivity contribution < 1.29 is 9.50 Å². The maximum atomic E-state index is 11.7. The van der Waals surface area contributed by atoms with Crippen LogP contribution in [0.1, 0.15) is 19.8 Å². The number of halogens is 1. The van der Waals surface area contributed by atoms with Gasteiger partial charge in [-0.25, -0.2) is 0 Å². The normalized spacial score (nSPS) is 13.9. The molecule has 0 saturated carbocycles. The van der Waals surface area contributed by atoms with E-state index in [1.54, 1.807) is 0 Å². The molecule has 8 heavy (non-hydrogen) atoms. The Morgan fingerprint density at radius 1 is 1.62 bits per heavy atom. The maximum absolute atomic E-state index is 11.7. The van der Waals surface area contributed by atoms with E-state index in [4.69, 9.17) is 5.11 Å². The van der Waals surface area contributed by atoms with Crippen molar-refractivity contribution in [2.75, 3.05) is 13.3 Å². The van der Waals surface area contributed by atoms with Gasteiger partial charge >= 0.3 is 0 Å². The second-order valence-corrected chi connectivity index (χ2v) is 1.94. The molecule has 0 amide bonds. The summed E-state index contributed by atoms with van der Waals surface area (Å²) in [5, 5.41) is 8.33. The molecule has 0 rings (SSSR count). The fourth-order valence-electron chi connectivity index (χ4n) is 0.573. The van der Waals surface area contributed by atoms with E-state index in [1.165, 1.54) is 0 Å². The van der Waals surface area contributed by atoms with Crippen LogP contribution in [-0.2, 0) is 0 Å². The first kappa shape index (κ1) is 7.89. The van der Waals surface area contributed by atoms with Gasteiger partial charge in [0.1, 0.15) is 0 Å². The molecule has 0 aliphatic carbocycles. The fraction of sp³-hybridized carbons (Fsp3) is 1.00. The van der Waals surface area contributed by atoms with Gasteiger partial charge in [0.05, 0.1) is 6.67 Å². The Balaban J connectivity index is 3.07. The van der Waals surface area contributed by atoms with Crippen molar-refractivity contribution in [1.29, 1.82) is 0 Å². The van der Waals surface area contributed by atoms with Crippen LogP contribution in [0, 0.1) is 5.92 Å². The molecule has 0 fully saturated rings. The van der Waals surface area contributed by atoms with Gasteiger partial charge in [-0.15, -0.1) is 0 Å². The highest BCUT2D eigenvalue weighted by Gasteiger charge is 2.02. The van der Waals surface area contributed by atoms with E-state index in [0.29, 0.717) is 6.42 Å². The molecule has 1 unspecified atom stereocenters. The van der Waals surface area contributed by atoms with Gasteiger partial charge in [0, 0.05) is 6.61 Å². The molecule has 0 bridgehead atoms. The Labute approximate surface area is 49.5 Å². The number of hydrogen-bond donors (Lipinski definition) is 1. The lowest BCUT2D eigenvalue weighted by Gasteiger charge is -2.05. The summed E-state index contributed by atoms with van der Waals surface area (Å²) in [5.74, 6) is 0.0833. The van der Waals surface area contributed by atoms with Crippen LogP contribution in [0.3, 0.4) is 0 Å². The molecule has 0 aliphatic rings. The standard InChI is InChI=1S/C6H13FO/c1-2-6(5-7)3-4-8/h6,8H,2-5H2,1H3. The zero-order chi connectivity index (χ0) is 6.41. The molecular formula is C6H13FO. The average Bonchev–Trinajstić information content (AvgIpc) is 1.83. The van der Waals surface area contributed by atoms with Crippen molar-refractivity contribution in [3.63, 3.8) is 0 Å². The minimum absolute atomic E-state index is 0.0833. The summed E-state index contributed by atoms with van der Waals surface area (Å²) in [5.41, 5.74) is 0. The molecule has 0 aromatic heterocycles. The summed E-state index contributed by atoms with van der Waals surface area (Å²) in [6.45, 7) is 1.75. The Morgan fingerprint density at radius 3 is 2.38 bits per heavy atom. The van der Waals surface area contributed by atoms with Crippen LogP contribution in [0.5, 0.6) is 0 Å². The minimum Gasteiger partial charge on any atom is -0.396 e. The highest BCUT2D eigenvalue weighted by atomic mass is 19.1. The third-order valence-corrected chi connectivity index (χ3v) is 1.33. The second kappa shape index (κ2) is 5.04. The Kier molecular flexibility index (Phi) is 4.97. The van der Waals surface area contributed by atoms with Gasteiger partial charge in [0.15, 0.2) is 0 Å². The van der Waals surface area contributed by atoms with Crippen LogP contribution in [0.4, 0.5) is 4.39 Å². The van der Waals surface area contributed by atoms with Gasteiger partial charge in [-0.05, 0) is 12.3 Å². The SMILES string of the molecule is CCC(CF)CCO. The van der Waals surface area contributed by atoms with Crippen molar-refractivity contribution in [2.45, 2.75) is 19.8 Å². The molecule has 50 valence electrons. The molecule has 0 aromatic carbocycles. The van der Waals surface area contributed by atoms with Gasteiger partial charge in [-0.1, -0.05) is 13.3 Å². The first-order chi connectivity index (χ1) is 3.85. The summed E-state index contributed by atoms with van der Waals surface area (Å²) in [6.07, 6.45) is 1.43. The lowest BCUT2D eigenvalue weighted by atomic mass is 10.1. The van der Waals surface area contributed by atoms with Crippen LogP contribution >= 0.6 is 0 Å². The molecular weight excluding hydrogens is 107 g/mol. The van der Waals surface area contributed by atoms with Crippen LogP contribution in [-0.4, -0.2) is 18.4 Å². The van der Waals surface area contributed by atoms with Gasteiger partial charge < -0.3 is 5.11 Å². The zero-order valence-corrected chi connectivity index (χ0v) is 5.23. The lowest BCUT2D eigenvalue weighted by molar-refractivity contribution is 0.232. The van der Waals surface area contributed by atoms with E-state index in [9.17, 15) is 4.39 Å². The number of aliphatic hydroxyl groups excluding tert-OH is 1. The molecule has 0 radical (unpaired) electrons. The summed E-state index contributed by atoms with van der Waals surface area (Å²) in [7, 11) is 0. The third-order valence-electron chi connectivity index (χ3n) is 1.33. The largest absolute Gasteiger partial charge is 0.396 e. The monoisotopic (exact) mass is 120 g/mol. The number of rotatable bonds is 4. The molecule has 2 heteroatoms. The van der Waals surface area contributed by atoms with Crippen molar-refractivity contribution in [1.82, 2.24) is 0 Å². The fourth-order valence-corrected chi connectivity index (χ4v) is 0.573. The average molecular weight is 120 g/mol. The first-order valence-corrected chi connectivity index (χ1v) is 3.02. The quantitative estimate of drug-likeness (QED) is 0.594. The van der Waals surface area contributed by atoms with Crippen molar-refractivity contribution in [3.05, 3.63) is 0 Å². The van der Waals surface area contributed by atoms with E-state index in [1.807, 2.05) is 6.92 Å². The van der Waals surface area contributed by atoms with Crippen molar-refractivity contribution in [3.8, 4) is 0 Å². The van der Waals surface area contributed by atoms with E-state index in [-0.39, 0.29) is 19.2 Å².